The quantitative estimate of drug-likeness (QED) is 0.566. The zero-order chi connectivity index (χ0) is 20.5. The van der Waals surface area contributed by atoms with Crippen LogP contribution in [0, 0.1) is 5.92 Å². The van der Waals surface area contributed by atoms with Gasteiger partial charge < -0.3 is 19.7 Å². The lowest BCUT2D eigenvalue weighted by molar-refractivity contribution is -0.154. The number of carbonyl (C=O) groups excluding carboxylic acids is 1. The van der Waals surface area contributed by atoms with E-state index in [1.165, 1.54) is 7.11 Å². The number of nitrogens with one attached hydrogen (secondary N) is 1. The standard InChI is InChI=1S/C20H21NO7/c1-27-17-8-7-13(12-16(18(22)23)19(24)25)11-14(17)9-10-28-20(26)21-15-5-3-2-4-6-15/h2-8,11,16H,9-10,12H2,1H3,(H,21,26)(H,22,23)(H,24,25). The summed E-state index contributed by atoms with van der Waals surface area (Å²) in [6, 6.07) is 13.8. The first kappa shape index (κ1) is 20.8. The molecule has 0 spiro atoms. The van der Waals surface area contributed by atoms with Gasteiger partial charge in [0.2, 0.25) is 0 Å². The Morgan fingerprint density at radius 1 is 1.04 bits per heavy atom. The molecule has 0 atom stereocenters. The minimum absolute atomic E-state index is 0.0692. The topological polar surface area (TPSA) is 122 Å². The molecule has 28 heavy (non-hydrogen) atoms. The van der Waals surface area contributed by atoms with E-state index in [9.17, 15) is 14.4 Å². The van der Waals surface area contributed by atoms with Crippen LogP contribution in [0.3, 0.4) is 0 Å². The van der Waals surface area contributed by atoms with Crippen molar-refractivity contribution in [2.45, 2.75) is 12.8 Å². The van der Waals surface area contributed by atoms with Gasteiger partial charge in [-0.2, -0.15) is 0 Å². The predicted octanol–water partition coefficient (Wildman–Crippen LogP) is 2.81. The van der Waals surface area contributed by atoms with Crippen LogP contribution < -0.4 is 10.1 Å². The van der Waals surface area contributed by atoms with E-state index in [1.807, 2.05) is 6.07 Å². The van der Waals surface area contributed by atoms with Gasteiger partial charge in [-0.25, -0.2) is 4.79 Å². The summed E-state index contributed by atoms with van der Waals surface area (Å²) >= 11 is 0. The normalized spacial score (nSPS) is 10.4. The molecule has 0 heterocycles. The lowest BCUT2D eigenvalue weighted by Gasteiger charge is -2.13. The van der Waals surface area contributed by atoms with Crippen molar-refractivity contribution in [3.05, 3.63) is 59.7 Å². The molecule has 0 bridgehead atoms. The molecule has 1 amide bonds. The van der Waals surface area contributed by atoms with Gasteiger partial charge in [0.05, 0.1) is 13.7 Å². The Morgan fingerprint density at radius 3 is 2.32 bits per heavy atom. The van der Waals surface area contributed by atoms with E-state index in [0.717, 1.165) is 0 Å². The number of carbonyl (C=O) groups is 3. The number of methoxy groups -OCH3 is 1. The van der Waals surface area contributed by atoms with Crippen molar-refractivity contribution in [2.24, 2.45) is 5.92 Å². The van der Waals surface area contributed by atoms with Crippen LogP contribution in [0.2, 0.25) is 0 Å². The third-order valence-electron chi connectivity index (χ3n) is 4.01. The summed E-state index contributed by atoms with van der Waals surface area (Å²) in [5.74, 6) is -3.79. The predicted molar refractivity (Wildman–Crippen MR) is 101 cm³/mol. The number of benzene rings is 2. The third-order valence-corrected chi connectivity index (χ3v) is 4.01. The fourth-order valence-corrected chi connectivity index (χ4v) is 2.60. The molecule has 0 aliphatic heterocycles. The summed E-state index contributed by atoms with van der Waals surface area (Å²) in [6.45, 7) is 0.0692. The number of para-hydroxylation sites is 1. The van der Waals surface area contributed by atoms with Crippen LogP contribution in [0.4, 0.5) is 10.5 Å². The van der Waals surface area contributed by atoms with Gasteiger partial charge in [-0.3, -0.25) is 14.9 Å². The first-order chi connectivity index (χ1) is 13.4. The highest BCUT2D eigenvalue weighted by molar-refractivity contribution is 5.93. The highest BCUT2D eigenvalue weighted by Crippen LogP contribution is 2.22. The molecule has 0 aliphatic rings. The molecule has 0 saturated carbocycles. The maximum absolute atomic E-state index is 11.8. The van der Waals surface area contributed by atoms with Crippen molar-refractivity contribution in [2.75, 3.05) is 19.0 Å². The molecule has 0 radical (unpaired) electrons. The van der Waals surface area contributed by atoms with Gasteiger partial charge in [-0.1, -0.05) is 30.3 Å². The van der Waals surface area contributed by atoms with Crippen LogP contribution in [-0.2, 0) is 27.2 Å². The highest BCUT2D eigenvalue weighted by atomic mass is 16.5. The molecule has 3 N–H and O–H groups in total. The fourth-order valence-electron chi connectivity index (χ4n) is 2.60. The Labute approximate surface area is 161 Å². The van der Waals surface area contributed by atoms with Crippen molar-refractivity contribution in [1.82, 2.24) is 0 Å². The van der Waals surface area contributed by atoms with Crippen molar-refractivity contribution in [3.63, 3.8) is 0 Å². The molecule has 0 fully saturated rings. The van der Waals surface area contributed by atoms with Crippen LogP contribution in [-0.4, -0.2) is 42.0 Å². The second-order valence-corrected chi connectivity index (χ2v) is 5.96. The van der Waals surface area contributed by atoms with Gasteiger partial charge in [-0.05, 0) is 35.7 Å². The largest absolute Gasteiger partial charge is 0.496 e. The zero-order valence-corrected chi connectivity index (χ0v) is 15.3. The third kappa shape index (κ3) is 6.01. The summed E-state index contributed by atoms with van der Waals surface area (Å²) in [4.78, 5) is 34.0. The molecule has 0 aliphatic carbocycles. The van der Waals surface area contributed by atoms with Gasteiger partial charge >= 0.3 is 18.0 Å². The van der Waals surface area contributed by atoms with Crippen LogP contribution in [0.15, 0.2) is 48.5 Å². The van der Waals surface area contributed by atoms with Crippen molar-refractivity contribution < 1.29 is 34.1 Å². The lowest BCUT2D eigenvalue weighted by atomic mass is 9.97. The average Bonchev–Trinajstić information content (AvgIpc) is 2.66. The molecule has 148 valence electrons. The molecule has 8 heteroatoms. The van der Waals surface area contributed by atoms with E-state index >= 15 is 0 Å². The first-order valence-corrected chi connectivity index (χ1v) is 8.51. The Bertz CT molecular complexity index is 822. The molecular formula is C20H21NO7. The van der Waals surface area contributed by atoms with Gasteiger partial charge in [0.1, 0.15) is 5.75 Å². The number of amides is 1. The van der Waals surface area contributed by atoms with Crippen LogP contribution in [0.1, 0.15) is 11.1 Å². The molecule has 0 aromatic heterocycles. The first-order valence-electron chi connectivity index (χ1n) is 8.51. The van der Waals surface area contributed by atoms with Crippen LogP contribution in [0.5, 0.6) is 5.75 Å². The number of ether oxygens (including phenoxy) is 2. The number of anilines is 1. The van der Waals surface area contributed by atoms with Crippen molar-refractivity contribution in [1.29, 1.82) is 0 Å². The average molecular weight is 387 g/mol. The summed E-state index contributed by atoms with van der Waals surface area (Å²) < 4.78 is 10.4. The van der Waals surface area contributed by atoms with Gasteiger partial charge in [0.25, 0.3) is 0 Å². The Kier molecular flexibility index (Phi) is 7.38. The van der Waals surface area contributed by atoms with E-state index in [1.54, 1.807) is 42.5 Å². The second-order valence-electron chi connectivity index (χ2n) is 5.96. The highest BCUT2D eigenvalue weighted by Gasteiger charge is 2.26. The van der Waals surface area contributed by atoms with Crippen LogP contribution >= 0.6 is 0 Å². The molecule has 2 aromatic carbocycles. The molecule has 0 unspecified atom stereocenters. The number of carboxylic acid groups (broad SMARTS) is 2. The van der Waals surface area contributed by atoms with Gasteiger partial charge in [-0.15, -0.1) is 0 Å². The van der Waals surface area contributed by atoms with Crippen molar-refractivity contribution >= 4 is 23.7 Å². The lowest BCUT2D eigenvalue weighted by Crippen LogP contribution is -2.25. The number of rotatable bonds is 9. The SMILES string of the molecule is COc1ccc(CC(C(=O)O)C(=O)O)cc1CCOC(=O)Nc1ccccc1. The summed E-state index contributed by atoms with van der Waals surface area (Å²) in [7, 11) is 1.48. The van der Waals surface area contributed by atoms with Gasteiger partial charge in [0, 0.05) is 12.1 Å². The Hall–Kier alpha value is -3.55. The number of carboxylic acids is 2. The monoisotopic (exact) mass is 387 g/mol. The maximum Gasteiger partial charge on any atom is 0.411 e. The molecule has 2 aromatic rings. The fraction of sp³-hybridized carbons (Fsp3) is 0.250. The van der Waals surface area contributed by atoms with E-state index in [4.69, 9.17) is 19.7 Å². The number of hydrogen-bond donors (Lipinski definition) is 3. The van der Waals surface area contributed by atoms with E-state index in [-0.39, 0.29) is 13.0 Å². The molecule has 8 nitrogen and oxygen atoms in total. The second kappa shape index (κ2) is 9.96. The minimum atomic E-state index is -1.53. The number of hydrogen-bond acceptors (Lipinski definition) is 5. The smallest absolute Gasteiger partial charge is 0.411 e. The zero-order valence-electron chi connectivity index (χ0n) is 15.3. The van der Waals surface area contributed by atoms with Crippen molar-refractivity contribution in [3.8, 4) is 5.75 Å². The van der Waals surface area contributed by atoms with Gasteiger partial charge in [0.15, 0.2) is 5.92 Å². The van der Waals surface area contributed by atoms with E-state index in [2.05, 4.69) is 5.32 Å². The minimum Gasteiger partial charge on any atom is -0.496 e. The Morgan fingerprint density at radius 2 is 1.71 bits per heavy atom. The summed E-state index contributed by atoms with van der Waals surface area (Å²) in [5, 5.41) is 20.7. The number of aliphatic carboxylic acids is 2. The Balaban J connectivity index is 1.98. The molecule has 2 rings (SSSR count). The molecule has 0 saturated heterocycles. The van der Waals surface area contributed by atoms with Crippen LogP contribution in [0.25, 0.3) is 0 Å². The maximum atomic E-state index is 11.8. The van der Waals surface area contributed by atoms with E-state index < -0.39 is 23.9 Å². The molecular weight excluding hydrogens is 366 g/mol. The summed E-state index contributed by atoms with van der Waals surface area (Å²) in [5.41, 5.74) is 1.84. The summed E-state index contributed by atoms with van der Waals surface area (Å²) in [6.07, 6.45) is -0.431. The van der Waals surface area contributed by atoms with E-state index in [0.29, 0.717) is 29.0 Å².